The Morgan fingerprint density at radius 3 is 2.12 bits per heavy atom. The van der Waals surface area contributed by atoms with Gasteiger partial charge in [0.1, 0.15) is 12.0 Å². The van der Waals surface area contributed by atoms with Gasteiger partial charge in [0.25, 0.3) is 0 Å². The number of nitrogens with zero attached hydrogens (tertiary/aromatic N) is 5. The Hall–Kier alpha value is -4.62. The Balaban J connectivity index is 0.000000140. The maximum Gasteiger partial charge on any atom is 1.00 e. The number of hydrogen-bond donors (Lipinski definition) is 2. The number of aliphatic imine (C=N–C) groups is 4. The van der Waals surface area contributed by atoms with Crippen LogP contribution in [0.25, 0.3) is 10.8 Å². The van der Waals surface area contributed by atoms with Crippen LogP contribution < -0.4 is 16.5 Å². The first-order valence-corrected chi connectivity index (χ1v) is 12.7. The molecule has 0 fully saturated rings. The molecule has 8 heteroatoms. The molecule has 0 aliphatic carbocycles. The van der Waals surface area contributed by atoms with E-state index in [0.717, 1.165) is 28.8 Å². The van der Waals surface area contributed by atoms with E-state index in [-0.39, 0.29) is 23.2 Å². The van der Waals surface area contributed by atoms with Crippen LogP contribution in [-0.4, -0.2) is 23.7 Å². The van der Waals surface area contributed by atoms with Crippen LogP contribution in [0.2, 0.25) is 0 Å². The van der Waals surface area contributed by atoms with Crippen molar-refractivity contribution in [3.05, 3.63) is 143 Å². The number of hydrogen-bond acceptors (Lipinski definition) is 5. The van der Waals surface area contributed by atoms with E-state index >= 15 is 0 Å². The summed E-state index contributed by atoms with van der Waals surface area (Å²) in [5, 5.41) is 2.44. The molecule has 200 valence electrons. The molecule has 0 saturated carbocycles. The molecule has 1 unspecified atom stereocenters. The summed E-state index contributed by atoms with van der Waals surface area (Å²) in [6.45, 7) is 0.871. The number of nitrogens with two attached hydrogens (primary N) is 2. The van der Waals surface area contributed by atoms with Crippen molar-refractivity contribution < 1.29 is 17.1 Å². The van der Waals surface area contributed by atoms with E-state index in [4.69, 9.17) is 11.5 Å². The van der Waals surface area contributed by atoms with Crippen molar-refractivity contribution in [3.63, 3.8) is 0 Å². The molecule has 1 aromatic heterocycles. The van der Waals surface area contributed by atoms with E-state index < -0.39 is 0 Å². The normalized spacial score (nSPS) is 16.4. The number of amidine groups is 3. The van der Waals surface area contributed by atoms with Gasteiger partial charge >= 0.3 is 17.1 Å². The molecule has 0 amide bonds. The van der Waals surface area contributed by atoms with Gasteiger partial charge in [-0.25, -0.2) is 15.0 Å². The van der Waals surface area contributed by atoms with Gasteiger partial charge in [0.05, 0.1) is 6.54 Å². The van der Waals surface area contributed by atoms with Gasteiger partial charge in [-0.05, 0) is 21.9 Å². The van der Waals surface area contributed by atoms with Gasteiger partial charge in [-0.3, -0.25) is 4.99 Å². The van der Waals surface area contributed by atoms with Crippen LogP contribution in [0.1, 0.15) is 39.5 Å². The molecular weight excluding hydrogens is 546 g/mol. The Labute approximate surface area is 243 Å². The second-order valence-corrected chi connectivity index (χ2v) is 9.17. The van der Waals surface area contributed by atoms with E-state index in [1.807, 2.05) is 91.4 Å². The average molecular weight is 572 g/mol. The van der Waals surface area contributed by atoms with E-state index in [1.165, 1.54) is 21.9 Å². The third kappa shape index (κ3) is 5.55. The zero-order valence-corrected chi connectivity index (χ0v) is 22.4. The molecule has 4 heterocycles. The Bertz CT molecular complexity index is 1750. The SMILES string of the molecule is C1=NCc2ccccc21.NC1=NC(=NC2=NC(N)c3ccccc32)c2ccccc21.[Cu+].c1ccc2c[n-]cc2c1. The fourth-order valence-corrected chi connectivity index (χ4v) is 4.63. The summed E-state index contributed by atoms with van der Waals surface area (Å²) >= 11 is 0. The van der Waals surface area contributed by atoms with Gasteiger partial charge in [0.2, 0.25) is 0 Å². The monoisotopic (exact) mass is 571 g/mol. The van der Waals surface area contributed by atoms with E-state index in [0.29, 0.717) is 17.5 Å². The third-order valence-corrected chi connectivity index (χ3v) is 6.63. The molecule has 8 rings (SSSR count). The summed E-state index contributed by atoms with van der Waals surface area (Å²) in [5.41, 5.74) is 18.4. The molecule has 40 heavy (non-hydrogen) atoms. The quantitative estimate of drug-likeness (QED) is 0.255. The molecule has 3 aliphatic rings. The minimum absolute atomic E-state index is 0. The van der Waals surface area contributed by atoms with Crippen LogP contribution in [0.3, 0.4) is 0 Å². The van der Waals surface area contributed by atoms with Crippen LogP contribution >= 0.6 is 0 Å². The van der Waals surface area contributed by atoms with E-state index in [9.17, 15) is 0 Å². The Morgan fingerprint density at radius 1 is 0.750 bits per heavy atom. The van der Waals surface area contributed by atoms with Crippen LogP contribution in [0.15, 0.2) is 129 Å². The smallest absolute Gasteiger partial charge is 0.669 e. The third-order valence-electron chi connectivity index (χ3n) is 6.63. The summed E-state index contributed by atoms with van der Waals surface area (Å²) in [5.74, 6) is 1.69. The topological polar surface area (TPSA) is 116 Å². The summed E-state index contributed by atoms with van der Waals surface area (Å²) in [4.78, 5) is 21.5. The van der Waals surface area contributed by atoms with Gasteiger partial charge in [0, 0.05) is 28.5 Å². The molecular formula is C32H26CuN7. The molecule has 4 aromatic carbocycles. The maximum atomic E-state index is 6.02. The average Bonchev–Trinajstić information content (AvgIpc) is 3.77. The minimum Gasteiger partial charge on any atom is -0.669 e. The zero-order valence-electron chi connectivity index (χ0n) is 21.4. The van der Waals surface area contributed by atoms with Crippen molar-refractivity contribution in [2.45, 2.75) is 12.7 Å². The molecule has 4 N–H and O–H groups in total. The number of rotatable bonds is 0. The molecule has 0 radical (unpaired) electrons. The number of benzene rings is 4. The van der Waals surface area contributed by atoms with Gasteiger partial charge in [-0.15, -0.1) is 0 Å². The largest absolute Gasteiger partial charge is 1.00 e. The van der Waals surface area contributed by atoms with Crippen LogP contribution in [0.4, 0.5) is 0 Å². The molecule has 0 spiro atoms. The fraction of sp³-hybridized carbons (Fsp3) is 0.0625. The predicted molar refractivity (Wildman–Crippen MR) is 159 cm³/mol. The van der Waals surface area contributed by atoms with Gasteiger partial charge in [-0.1, -0.05) is 97.1 Å². The Morgan fingerprint density at radius 2 is 1.38 bits per heavy atom. The molecule has 3 aliphatic heterocycles. The first-order valence-electron chi connectivity index (χ1n) is 12.7. The number of fused-ring (bicyclic) bond motifs is 4. The summed E-state index contributed by atoms with van der Waals surface area (Å²) in [6.07, 6.45) is 5.30. The van der Waals surface area contributed by atoms with Crippen molar-refractivity contribution in [2.24, 2.45) is 31.4 Å². The van der Waals surface area contributed by atoms with Crippen LogP contribution in [0.5, 0.6) is 0 Å². The maximum absolute atomic E-state index is 6.02. The van der Waals surface area contributed by atoms with Crippen molar-refractivity contribution in [2.75, 3.05) is 0 Å². The standard InChI is InChI=1S/C16H13N5.C8H7N.C8H6N.Cu/c17-13-9-5-1-3-7-11(9)15(19-13)21-16-12-8-4-2-6-10(12)14(18)20-16;2*1-2-4-8-6-9-5-7(8)3-1;/h1-8,13H,17H2,(H2,18,19,20,21);1-5H,6H2;1-6H;/q;;-1;+1. The van der Waals surface area contributed by atoms with Crippen LogP contribution in [0, 0.1) is 0 Å². The molecule has 5 aromatic rings. The number of aromatic nitrogens is 1. The Kier molecular flexibility index (Phi) is 8.12. The molecule has 0 saturated heterocycles. The van der Waals surface area contributed by atoms with E-state index in [2.05, 4.69) is 49.2 Å². The molecule has 0 bridgehead atoms. The van der Waals surface area contributed by atoms with Crippen molar-refractivity contribution >= 4 is 34.5 Å². The van der Waals surface area contributed by atoms with Crippen molar-refractivity contribution in [3.8, 4) is 0 Å². The van der Waals surface area contributed by atoms with Gasteiger partial charge in [-0.2, -0.15) is 12.4 Å². The summed E-state index contributed by atoms with van der Waals surface area (Å²) in [7, 11) is 0. The van der Waals surface area contributed by atoms with Gasteiger partial charge in [0.15, 0.2) is 11.7 Å². The predicted octanol–water partition coefficient (Wildman–Crippen LogP) is 4.98. The second-order valence-electron chi connectivity index (χ2n) is 9.17. The first-order chi connectivity index (χ1) is 19.2. The second kappa shape index (κ2) is 12.1. The van der Waals surface area contributed by atoms with Gasteiger partial charge < -0.3 is 16.5 Å². The molecule has 7 nitrogen and oxygen atoms in total. The summed E-state index contributed by atoms with van der Waals surface area (Å²) < 4.78 is 0. The minimum atomic E-state index is -0.362. The fourth-order valence-electron chi connectivity index (χ4n) is 4.63. The van der Waals surface area contributed by atoms with Crippen molar-refractivity contribution in [1.82, 2.24) is 4.98 Å². The zero-order chi connectivity index (χ0) is 26.6. The first kappa shape index (κ1) is 27.0. The molecule has 1 atom stereocenters. The van der Waals surface area contributed by atoms with E-state index in [1.54, 1.807) is 0 Å². The van der Waals surface area contributed by atoms with Crippen LogP contribution in [-0.2, 0) is 23.6 Å². The van der Waals surface area contributed by atoms with Crippen molar-refractivity contribution in [1.29, 1.82) is 0 Å². The summed E-state index contributed by atoms with van der Waals surface area (Å²) in [6, 6.07) is 32.1.